The van der Waals surface area contributed by atoms with Crippen LogP contribution in [0.4, 0.5) is 0 Å². The Labute approximate surface area is 101 Å². The SMILES string of the molecule is CCOC(=O)c1ccc2nc(Cl)n[n+]([O-])c2c1. The maximum Gasteiger partial charge on any atom is 0.338 e. The Hall–Kier alpha value is -1.95. The van der Waals surface area contributed by atoms with Crippen molar-refractivity contribution in [2.45, 2.75) is 6.92 Å². The Morgan fingerprint density at radius 2 is 2.35 bits per heavy atom. The minimum atomic E-state index is -0.496. The van der Waals surface area contributed by atoms with Crippen LogP contribution in [0.15, 0.2) is 18.2 Å². The van der Waals surface area contributed by atoms with Gasteiger partial charge in [-0.1, -0.05) is 0 Å². The minimum Gasteiger partial charge on any atom is -0.594 e. The van der Waals surface area contributed by atoms with Crippen molar-refractivity contribution in [1.82, 2.24) is 10.1 Å². The predicted octanol–water partition coefficient (Wildman–Crippen LogP) is 1.09. The molecule has 17 heavy (non-hydrogen) atoms. The van der Waals surface area contributed by atoms with Crippen LogP contribution in [0.3, 0.4) is 0 Å². The van der Waals surface area contributed by atoms with E-state index < -0.39 is 5.97 Å². The van der Waals surface area contributed by atoms with Crippen molar-refractivity contribution < 1.29 is 14.4 Å². The third-order valence-corrected chi connectivity index (χ3v) is 2.24. The number of rotatable bonds is 2. The first kappa shape index (κ1) is 11.5. The standard InChI is InChI=1S/C10H8ClN3O3/c1-2-17-9(15)6-3-4-7-8(5-6)14(16)13-10(11)12-7/h3-5H,2H2,1H3. The summed E-state index contributed by atoms with van der Waals surface area (Å²) in [5.74, 6) is -0.496. The topological polar surface area (TPSA) is 79.0 Å². The van der Waals surface area contributed by atoms with Gasteiger partial charge < -0.3 is 9.94 Å². The van der Waals surface area contributed by atoms with Gasteiger partial charge in [0.05, 0.1) is 12.2 Å². The largest absolute Gasteiger partial charge is 0.594 e. The van der Waals surface area contributed by atoms with Crippen LogP contribution in [0.2, 0.25) is 5.28 Å². The van der Waals surface area contributed by atoms with Crippen LogP contribution in [0.5, 0.6) is 0 Å². The van der Waals surface area contributed by atoms with Gasteiger partial charge in [-0.25, -0.2) is 9.78 Å². The van der Waals surface area contributed by atoms with Gasteiger partial charge in [0, 0.05) is 11.2 Å². The van der Waals surface area contributed by atoms with Gasteiger partial charge >= 0.3 is 5.97 Å². The van der Waals surface area contributed by atoms with Crippen molar-refractivity contribution in [3.63, 3.8) is 0 Å². The molecule has 0 radical (unpaired) electrons. The molecule has 0 bridgehead atoms. The summed E-state index contributed by atoms with van der Waals surface area (Å²) in [6, 6.07) is 4.41. The molecule has 1 aromatic heterocycles. The summed E-state index contributed by atoms with van der Waals surface area (Å²) in [4.78, 5) is 15.7. The fourth-order valence-corrected chi connectivity index (χ4v) is 1.52. The molecular formula is C10H8ClN3O3. The maximum atomic E-state index is 11.5. The lowest BCUT2D eigenvalue weighted by atomic mass is 10.2. The van der Waals surface area contributed by atoms with Gasteiger partial charge in [0.1, 0.15) is 5.52 Å². The number of carbonyl (C=O) groups excluding carboxylic acids is 1. The summed E-state index contributed by atoms with van der Waals surface area (Å²) in [6.07, 6.45) is 0. The first-order valence-electron chi connectivity index (χ1n) is 4.86. The molecule has 0 saturated heterocycles. The number of esters is 1. The molecule has 7 heteroatoms. The number of halogens is 1. The third kappa shape index (κ3) is 2.26. The molecular weight excluding hydrogens is 246 g/mol. The van der Waals surface area contributed by atoms with Crippen LogP contribution in [0, 0.1) is 5.21 Å². The number of benzene rings is 1. The molecule has 0 N–H and O–H groups in total. The average Bonchev–Trinajstić information content (AvgIpc) is 2.28. The van der Waals surface area contributed by atoms with Crippen molar-refractivity contribution in [3.05, 3.63) is 34.3 Å². The second-order valence-electron chi connectivity index (χ2n) is 3.18. The van der Waals surface area contributed by atoms with Gasteiger partial charge in [-0.05, 0) is 35.5 Å². The van der Waals surface area contributed by atoms with E-state index in [2.05, 4.69) is 10.1 Å². The second-order valence-corrected chi connectivity index (χ2v) is 3.52. The first-order chi connectivity index (χ1) is 8.11. The summed E-state index contributed by atoms with van der Waals surface area (Å²) in [5.41, 5.74) is 0.808. The van der Waals surface area contributed by atoms with Crippen LogP contribution in [-0.2, 0) is 4.74 Å². The molecule has 88 valence electrons. The van der Waals surface area contributed by atoms with Crippen LogP contribution in [-0.4, -0.2) is 22.7 Å². The van der Waals surface area contributed by atoms with Gasteiger partial charge in [0.25, 0.3) is 10.8 Å². The zero-order valence-electron chi connectivity index (χ0n) is 8.88. The van der Waals surface area contributed by atoms with Gasteiger partial charge in [0.15, 0.2) is 0 Å². The Morgan fingerprint density at radius 3 is 3.06 bits per heavy atom. The highest BCUT2D eigenvalue weighted by Gasteiger charge is 2.14. The Bertz CT molecular complexity index is 588. The highest BCUT2D eigenvalue weighted by atomic mass is 35.5. The van der Waals surface area contributed by atoms with Crippen molar-refractivity contribution in [1.29, 1.82) is 0 Å². The van der Waals surface area contributed by atoms with Crippen LogP contribution >= 0.6 is 11.6 Å². The molecule has 6 nitrogen and oxygen atoms in total. The summed E-state index contributed by atoms with van der Waals surface area (Å²) >= 11 is 5.54. The molecule has 1 heterocycles. The number of hydrogen-bond donors (Lipinski definition) is 0. The zero-order chi connectivity index (χ0) is 12.4. The van der Waals surface area contributed by atoms with Crippen LogP contribution in [0.1, 0.15) is 17.3 Å². The Morgan fingerprint density at radius 1 is 1.59 bits per heavy atom. The highest BCUT2D eigenvalue weighted by Crippen LogP contribution is 2.12. The molecule has 0 saturated carbocycles. The third-order valence-electron chi connectivity index (χ3n) is 2.08. The fourth-order valence-electron chi connectivity index (χ4n) is 1.36. The molecule has 0 fully saturated rings. The van der Waals surface area contributed by atoms with Gasteiger partial charge in [-0.3, -0.25) is 0 Å². The summed E-state index contributed by atoms with van der Waals surface area (Å²) in [5, 5.41) is 14.7. The average molecular weight is 254 g/mol. The van der Waals surface area contributed by atoms with Crippen molar-refractivity contribution in [2.75, 3.05) is 6.61 Å². The molecule has 0 unspecified atom stereocenters. The second kappa shape index (κ2) is 4.50. The molecule has 2 rings (SSSR count). The van der Waals surface area contributed by atoms with E-state index in [1.807, 2.05) is 0 Å². The fraction of sp³-hybridized carbons (Fsp3) is 0.200. The molecule has 1 aromatic carbocycles. The molecule has 0 spiro atoms. The normalized spacial score (nSPS) is 10.5. The van der Waals surface area contributed by atoms with E-state index in [-0.39, 0.29) is 23.0 Å². The van der Waals surface area contributed by atoms with E-state index in [1.165, 1.54) is 18.2 Å². The minimum absolute atomic E-state index is 0.142. The number of carbonyl (C=O) groups is 1. The van der Waals surface area contributed by atoms with Crippen molar-refractivity contribution in [2.24, 2.45) is 0 Å². The Kier molecular flexibility index (Phi) is 3.06. The van der Waals surface area contributed by atoms with Gasteiger partial charge in [-0.2, -0.15) is 0 Å². The lowest BCUT2D eigenvalue weighted by molar-refractivity contribution is -0.642. The summed E-state index contributed by atoms with van der Waals surface area (Å²) in [6.45, 7) is 1.97. The van der Waals surface area contributed by atoms with E-state index in [0.717, 1.165) is 0 Å². The van der Waals surface area contributed by atoms with Gasteiger partial charge in [-0.15, -0.1) is 0 Å². The van der Waals surface area contributed by atoms with Crippen molar-refractivity contribution >= 4 is 28.6 Å². The molecule has 0 aliphatic heterocycles. The molecule has 0 aliphatic carbocycles. The van der Waals surface area contributed by atoms with Crippen LogP contribution in [0.25, 0.3) is 11.0 Å². The monoisotopic (exact) mass is 253 g/mol. The first-order valence-corrected chi connectivity index (χ1v) is 5.24. The van der Waals surface area contributed by atoms with Crippen molar-refractivity contribution in [3.8, 4) is 0 Å². The van der Waals surface area contributed by atoms with Crippen LogP contribution < -0.4 is 4.85 Å². The zero-order valence-corrected chi connectivity index (χ0v) is 9.64. The lowest BCUT2D eigenvalue weighted by Crippen LogP contribution is -2.32. The molecule has 0 aliphatic rings. The van der Waals surface area contributed by atoms with E-state index in [9.17, 15) is 10.0 Å². The van der Waals surface area contributed by atoms with E-state index in [0.29, 0.717) is 10.4 Å². The lowest BCUT2D eigenvalue weighted by Gasteiger charge is -2.02. The smallest absolute Gasteiger partial charge is 0.338 e. The van der Waals surface area contributed by atoms with Gasteiger partial charge in [0.2, 0.25) is 0 Å². The molecule has 0 amide bonds. The van der Waals surface area contributed by atoms with E-state index in [1.54, 1.807) is 6.92 Å². The number of nitrogens with zero attached hydrogens (tertiary/aromatic N) is 3. The van der Waals surface area contributed by atoms with E-state index >= 15 is 0 Å². The van der Waals surface area contributed by atoms with E-state index in [4.69, 9.17) is 16.3 Å². The quantitative estimate of drug-likeness (QED) is 0.455. The summed E-state index contributed by atoms with van der Waals surface area (Å²) < 4.78 is 4.82. The number of ether oxygens (including phenoxy) is 1. The number of hydrogen-bond acceptors (Lipinski definition) is 5. The molecule has 0 atom stereocenters. The number of fused-ring (bicyclic) bond motifs is 1. The highest BCUT2D eigenvalue weighted by molar-refractivity contribution is 6.28. The Balaban J connectivity index is 2.54. The predicted molar refractivity (Wildman–Crippen MR) is 59.5 cm³/mol. The maximum absolute atomic E-state index is 11.5. The number of aromatic nitrogens is 3. The summed E-state index contributed by atoms with van der Waals surface area (Å²) in [7, 11) is 0. The molecule has 2 aromatic rings.